The van der Waals surface area contributed by atoms with Crippen molar-refractivity contribution in [3.63, 3.8) is 0 Å². The second-order valence-electron chi connectivity index (χ2n) is 14.6. The SMILES string of the molecule is C(=C1CCCCC1)c1ccc(N(c2ccc(C=C3CCCCC3)cc2)c2c3cccc4ccc5cc6cccc7ccc2c(c76)c5c43)cc1. The lowest BCUT2D eigenvalue weighted by atomic mass is 9.85. The number of benzene rings is 8. The third kappa shape index (κ3) is 4.90. The maximum atomic E-state index is 2.54. The zero-order chi connectivity index (χ0) is 32.3. The van der Waals surface area contributed by atoms with Gasteiger partial charge in [0.25, 0.3) is 0 Å². The van der Waals surface area contributed by atoms with E-state index in [-0.39, 0.29) is 0 Å². The van der Waals surface area contributed by atoms with Gasteiger partial charge in [-0.3, -0.25) is 0 Å². The van der Waals surface area contributed by atoms with E-state index >= 15 is 0 Å². The maximum absolute atomic E-state index is 2.54. The van der Waals surface area contributed by atoms with E-state index in [0.29, 0.717) is 0 Å². The Bertz CT molecular complexity index is 2440. The first-order valence-electron chi connectivity index (χ1n) is 18.5. The molecular weight excluding hydrogens is 591 g/mol. The summed E-state index contributed by atoms with van der Waals surface area (Å²) in [4.78, 5) is 2.54. The van der Waals surface area contributed by atoms with Crippen LogP contribution in [0.4, 0.5) is 17.1 Å². The van der Waals surface area contributed by atoms with Crippen LogP contribution in [0.1, 0.15) is 75.3 Å². The molecule has 0 atom stereocenters. The Morgan fingerprint density at radius 2 is 0.878 bits per heavy atom. The first kappa shape index (κ1) is 28.8. The van der Waals surface area contributed by atoms with Crippen molar-refractivity contribution in [2.24, 2.45) is 0 Å². The second-order valence-corrected chi connectivity index (χ2v) is 14.6. The summed E-state index contributed by atoms with van der Waals surface area (Å²) in [5, 5.41) is 13.3. The first-order valence-corrected chi connectivity index (χ1v) is 18.5. The number of allylic oxidation sites excluding steroid dienone is 2. The van der Waals surface area contributed by atoms with Gasteiger partial charge in [-0.15, -0.1) is 0 Å². The summed E-state index contributed by atoms with van der Waals surface area (Å²) >= 11 is 0. The minimum Gasteiger partial charge on any atom is -0.309 e. The minimum atomic E-state index is 1.19. The molecule has 1 nitrogen and oxygen atoms in total. The molecule has 0 spiro atoms. The fourth-order valence-electron chi connectivity index (χ4n) is 9.14. The van der Waals surface area contributed by atoms with Crippen molar-refractivity contribution >= 4 is 83.1 Å². The molecule has 238 valence electrons. The Labute approximate surface area is 288 Å². The highest BCUT2D eigenvalue weighted by Gasteiger charge is 2.24. The highest BCUT2D eigenvalue weighted by atomic mass is 15.1. The molecule has 0 aliphatic heterocycles. The molecule has 0 radical (unpaired) electrons. The fourth-order valence-corrected chi connectivity index (χ4v) is 9.14. The number of nitrogens with zero attached hydrogens (tertiary/aromatic N) is 1. The Morgan fingerprint density at radius 3 is 1.51 bits per heavy atom. The Kier molecular flexibility index (Phi) is 6.93. The monoisotopic (exact) mass is 631 g/mol. The molecule has 2 fully saturated rings. The quantitative estimate of drug-likeness (QED) is 0.135. The lowest BCUT2D eigenvalue weighted by Gasteiger charge is -2.30. The van der Waals surface area contributed by atoms with Crippen molar-refractivity contribution in [2.45, 2.75) is 64.2 Å². The minimum absolute atomic E-state index is 1.19. The molecule has 0 amide bonds. The van der Waals surface area contributed by atoms with Gasteiger partial charge in [0.05, 0.1) is 5.69 Å². The zero-order valence-corrected chi connectivity index (χ0v) is 28.1. The van der Waals surface area contributed by atoms with E-state index in [9.17, 15) is 0 Å². The Balaban J connectivity index is 1.23. The molecule has 2 aliphatic rings. The van der Waals surface area contributed by atoms with Gasteiger partial charge < -0.3 is 4.90 Å². The zero-order valence-electron chi connectivity index (χ0n) is 28.1. The van der Waals surface area contributed by atoms with E-state index in [2.05, 4.69) is 132 Å². The molecule has 0 unspecified atom stereocenters. The summed E-state index contributed by atoms with van der Waals surface area (Å²) in [5.74, 6) is 0. The van der Waals surface area contributed by atoms with E-state index < -0.39 is 0 Å². The normalized spacial score (nSPS) is 15.7. The first-order chi connectivity index (χ1) is 24.3. The molecule has 8 aromatic rings. The van der Waals surface area contributed by atoms with Crippen molar-refractivity contribution in [3.05, 3.63) is 138 Å². The van der Waals surface area contributed by atoms with E-state index in [1.165, 1.54) is 146 Å². The fraction of sp³-hybridized carbons (Fsp3) is 0.208. The predicted octanol–water partition coefficient (Wildman–Crippen LogP) is 14.5. The van der Waals surface area contributed by atoms with Crippen LogP contribution in [0.25, 0.3) is 66.0 Å². The van der Waals surface area contributed by atoms with Gasteiger partial charge in [0.2, 0.25) is 0 Å². The molecular formula is C48H41N. The van der Waals surface area contributed by atoms with Gasteiger partial charge in [-0.05, 0) is 131 Å². The van der Waals surface area contributed by atoms with Crippen LogP contribution in [0.2, 0.25) is 0 Å². The summed E-state index contributed by atoms with van der Waals surface area (Å²) < 4.78 is 0. The van der Waals surface area contributed by atoms with Crippen LogP contribution >= 0.6 is 0 Å². The Morgan fingerprint density at radius 1 is 0.388 bits per heavy atom. The highest BCUT2D eigenvalue weighted by Crippen LogP contribution is 2.51. The van der Waals surface area contributed by atoms with Gasteiger partial charge in [-0.25, -0.2) is 0 Å². The summed E-state index contributed by atoms with van der Waals surface area (Å²) in [5.41, 5.74) is 9.46. The molecule has 0 saturated heterocycles. The largest absolute Gasteiger partial charge is 0.309 e. The lowest BCUT2D eigenvalue weighted by Crippen LogP contribution is -2.11. The topological polar surface area (TPSA) is 3.24 Å². The van der Waals surface area contributed by atoms with Gasteiger partial charge >= 0.3 is 0 Å². The van der Waals surface area contributed by atoms with Crippen molar-refractivity contribution in [1.82, 2.24) is 0 Å². The van der Waals surface area contributed by atoms with Crippen molar-refractivity contribution < 1.29 is 0 Å². The smallest absolute Gasteiger partial charge is 0.0619 e. The molecule has 0 heterocycles. The summed E-state index contributed by atoms with van der Waals surface area (Å²) in [6.07, 6.45) is 17.9. The molecule has 0 N–H and O–H groups in total. The molecule has 8 aromatic carbocycles. The van der Waals surface area contributed by atoms with Crippen LogP contribution in [0.15, 0.2) is 126 Å². The summed E-state index contributed by atoms with van der Waals surface area (Å²) in [7, 11) is 0. The number of rotatable bonds is 5. The third-order valence-electron chi connectivity index (χ3n) is 11.5. The predicted molar refractivity (Wildman–Crippen MR) is 213 cm³/mol. The molecule has 0 bridgehead atoms. The van der Waals surface area contributed by atoms with Crippen molar-refractivity contribution in [1.29, 1.82) is 0 Å². The standard InChI is InChI=1S/C48H41N/c1-3-9-32(10-4-1)29-34-17-24-40(25-18-34)49(41-26-19-35(20-27-41)30-33-11-5-2-6-12-33)48-42-16-8-14-37-21-22-39-31-38-15-7-13-36-23-28-43(48)47(44(36)38)46(39)45(37)42/h7-8,13-31H,1-6,9-12H2. The summed E-state index contributed by atoms with van der Waals surface area (Å²) in [6.45, 7) is 0. The van der Waals surface area contributed by atoms with Gasteiger partial charge in [0.1, 0.15) is 0 Å². The Hall–Kier alpha value is -5.14. The molecule has 2 aliphatic carbocycles. The highest BCUT2D eigenvalue weighted by molar-refractivity contribution is 6.40. The summed E-state index contributed by atoms with van der Waals surface area (Å²) in [6, 6.07) is 44.1. The molecule has 0 aromatic heterocycles. The van der Waals surface area contributed by atoms with Gasteiger partial charge in [0, 0.05) is 27.5 Å². The third-order valence-corrected chi connectivity index (χ3v) is 11.5. The van der Waals surface area contributed by atoms with Crippen molar-refractivity contribution in [2.75, 3.05) is 4.90 Å². The number of anilines is 3. The average molecular weight is 632 g/mol. The van der Waals surface area contributed by atoms with E-state index in [1.54, 1.807) is 11.1 Å². The number of hydrogen-bond acceptors (Lipinski definition) is 1. The van der Waals surface area contributed by atoms with Crippen LogP contribution in [0.3, 0.4) is 0 Å². The van der Waals surface area contributed by atoms with Crippen molar-refractivity contribution in [3.8, 4) is 0 Å². The second kappa shape index (κ2) is 11.8. The van der Waals surface area contributed by atoms with Crippen LogP contribution < -0.4 is 4.90 Å². The molecule has 2 saturated carbocycles. The molecule has 49 heavy (non-hydrogen) atoms. The van der Waals surface area contributed by atoms with Gasteiger partial charge in [-0.1, -0.05) is 121 Å². The van der Waals surface area contributed by atoms with Gasteiger partial charge in [0.15, 0.2) is 0 Å². The van der Waals surface area contributed by atoms with E-state index in [4.69, 9.17) is 0 Å². The molecule has 1 heteroatoms. The van der Waals surface area contributed by atoms with Crippen LogP contribution in [-0.4, -0.2) is 0 Å². The average Bonchev–Trinajstić information content (AvgIpc) is 3.16. The van der Waals surface area contributed by atoms with Crippen LogP contribution in [-0.2, 0) is 0 Å². The number of hydrogen-bond donors (Lipinski definition) is 0. The lowest BCUT2D eigenvalue weighted by molar-refractivity contribution is 0.602. The van der Waals surface area contributed by atoms with E-state index in [1.807, 2.05) is 0 Å². The maximum Gasteiger partial charge on any atom is 0.0619 e. The van der Waals surface area contributed by atoms with E-state index in [0.717, 1.165) is 0 Å². The van der Waals surface area contributed by atoms with Crippen LogP contribution in [0.5, 0.6) is 0 Å². The van der Waals surface area contributed by atoms with Gasteiger partial charge in [-0.2, -0.15) is 0 Å². The van der Waals surface area contributed by atoms with Crippen LogP contribution in [0, 0.1) is 0 Å². The molecule has 10 rings (SSSR count).